The third kappa shape index (κ3) is 3.73. The first-order valence-electron chi connectivity index (χ1n) is 8.07. The number of hydrogen-bond acceptors (Lipinski definition) is 2. The van der Waals surface area contributed by atoms with Crippen LogP contribution >= 0.6 is 0 Å². The van der Waals surface area contributed by atoms with Gasteiger partial charge in [-0.3, -0.25) is 4.68 Å². The fourth-order valence-electron chi connectivity index (χ4n) is 2.71. The van der Waals surface area contributed by atoms with Crippen molar-refractivity contribution < 1.29 is 0 Å². The van der Waals surface area contributed by atoms with Crippen molar-refractivity contribution in [2.45, 2.75) is 51.6 Å². The molecule has 112 valence electrons. The Labute approximate surface area is 127 Å². The van der Waals surface area contributed by atoms with Crippen LogP contribution in [0, 0.1) is 0 Å². The number of nitrogens with one attached hydrogen (secondary N) is 1. The van der Waals surface area contributed by atoms with Gasteiger partial charge in [0.05, 0.1) is 11.4 Å². The van der Waals surface area contributed by atoms with Gasteiger partial charge in [-0.2, -0.15) is 5.10 Å². The predicted molar refractivity (Wildman–Crippen MR) is 86.4 cm³/mol. The lowest BCUT2D eigenvalue weighted by molar-refractivity contribution is 0.492. The Morgan fingerprint density at radius 1 is 1.24 bits per heavy atom. The minimum absolute atomic E-state index is 0.434. The van der Waals surface area contributed by atoms with Crippen molar-refractivity contribution in [3.63, 3.8) is 0 Å². The lowest BCUT2D eigenvalue weighted by Gasteiger charge is -2.11. The van der Waals surface area contributed by atoms with E-state index in [9.17, 15) is 0 Å². The zero-order valence-electron chi connectivity index (χ0n) is 13.0. The zero-order chi connectivity index (χ0) is 14.7. The molecule has 1 fully saturated rings. The second kappa shape index (κ2) is 6.44. The molecular weight excluding hydrogens is 258 g/mol. The third-order valence-corrected chi connectivity index (χ3v) is 4.06. The lowest BCUT2D eigenvalue weighted by Crippen LogP contribution is -2.20. The molecule has 0 unspecified atom stereocenters. The first kappa shape index (κ1) is 14.3. The van der Waals surface area contributed by atoms with Crippen LogP contribution in [0.4, 0.5) is 0 Å². The molecule has 3 rings (SSSR count). The van der Waals surface area contributed by atoms with Crippen molar-refractivity contribution in [2.75, 3.05) is 6.54 Å². The highest BCUT2D eigenvalue weighted by Crippen LogP contribution is 2.39. The van der Waals surface area contributed by atoms with E-state index in [4.69, 9.17) is 5.10 Å². The van der Waals surface area contributed by atoms with E-state index in [2.05, 4.69) is 60.2 Å². The van der Waals surface area contributed by atoms with E-state index in [-0.39, 0.29) is 0 Å². The Balaban J connectivity index is 1.54. The molecular formula is C18H25N3. The summed E-state index contributed by atoms with van der Waals surface area (Å²) in [5.41, 5.74) is 4.00. The number of hydrogen-bond donors (Lipinski definition) is 1. The summed E-state index contributed by atoms with van der Waals surface area (Å²) in [6.45, 7) is 6.32. The average molecular weight is 283 g/mol. The van der Waals surface area contributed by atoms with Crippen molar-refractivity contribution in [3.8, 4) is 0 Å². The van der Waals surface area contributed by atoms with E-state index in [0.29, 0.717) is 6.04 Å². The van der Waals surface area contributed by atoms with Crippen molar-refractivity contribution in [1.29, 1.82) is 0 Å². The molecule has 0 amide bonds. The van der Waals surface area contributed by atoms with Crippen molar-refractivity contribution >= 4 is 0 Å². The summed E-state index contributed by atoms with van der Waals surface area (Å²) in [6, 6.07) is 13.4. The minimum atomic E-state index is 0.434. The summed E-state index contributed by atoms with van der Waals surface area (Å²) >= 11 is 0. The largest absolute Gasteiger partial charge is 0.311 e. The van der Waals surface area contributed by atoms with Gasteiger partial charge in [0.15, 0.2) is 0 Å². The van der Waals surface area contributed by atoms with Crippen LogP contribution in [-0.4, -0.2) is 16.3 Å². The molecule has 0 bridgehead atoms. The van der Waals surface area contributed by atoms with Crippen LogP contribution in [0.25, 0.3) is 0 Å². The molecule has 3 nitrogen and oxygen atoms in total. The van der Waals surface area contributed by atoms with Gasteiger partial charge in [-0.25, -0.2) is 0 Å². The monoisotopic (exact) mass is 283 g/mol. The first-order valence-corrected chi connectivity index (χ1v) is 8.07. The van der Waals surface area contributed by atoms with Gasteiger partial charge in [0.1, 0.15) is 0 Å². The van der Waals surface area contributed by atoms with Gasteiger partial charge in [0, 0.05) is 18.5 Å². The van der Waals surface area contributed by atoms with Crippen LogP contribution in [0.1, 0.15) is 55.6 Å². The number of benzene rings is 1. The number of aromatic nitrogens is 2. The van der Waals surface area contributed by atoms with Gasteiger partial charge in [0.25, 0.3) is 0 Å². The molecule has 1 aliphatic carbocycles. The zero-order valence-corrected chi connectivity index (χ0v) is 13.0. The highest BCUT2D eigenvalue weighted by Gasteiger charge is 2.27. The topological polar surface area (TPSA) is 29.9 Å². The molecule has 0 saturated heterocycles. The summed E-state index contributed by atoms with van der Waals surface area (Å²) in [5, 5.41) is 8.34. The van der Waals surface area contributed by atoms with E-state index in [1.807, 2.05) is 0 Å². The molecule has 1 aromatic carbocycles. The Morgan fingerprint density at radius 2 is 2.00 bits per heavy atom. The summed E-state index contributed by atoms with van der Waals surface area (Å²) in [7, 11) is 0. The van der Waals surface area contributed by atoms with E-state index in [1.165, 1.54) is 29.8 Å². The smallest absolute Gasteiger partial charge is 0.0659 e. The SMILES string of the molecule is CC(C)n1nc(C2CC2)cc1CNCCc1ccccc1. The summed E-state index contributed by atoms with van der Waals surface area (Å²) in [4.78, 5) is 0. The number of rotatable bonds is 7. The Kier molecular flexibility index (Phi) is 4.39. The first-order chi connectivity index (χ1) is 10.2. The molecule has 3 heteroatoms. The van der Waals surface area contributed by atoms with E-state index in [0.717, 1.165) is 25.4 Å². The van der Waals surface area contributed by atoms with Crippen LogP contribution in [-0.2, 0) is 13.0 Å². The van der Waals surface area contributed by atoms with Crippen LogP contribution in [0.15, 0.2) is 36.4 Å². The van der Waals surface area contributed by atoms with Crippen LogP contribution < -0.4 is 5.32 Å². The molecule has 1 heterocycles. The molecule has 1 aromatic heterocycles. The maximum absolute atomic E-state index is 4.79. The third-order valence-electron chi connectivity index (χ3n) is 4.06. The highest BCUT2D eigenvalue weighted by molar-refractivity contribution is 5.19. The van der Waals surface area contributed by atoms with Gasteiger partial charge >= 0.3 is 0 Å². The fourth-order valence-corrected chi connectivity index (χ4v) is 2.71. The molecule has 0 atom stereocenters. The second-order valence-corrected chi connectivity index (χ2v) is 6.29. The van der Waals surface area contributed by atoms with E-state index < -0.39 is 0 Å². The molecule has 1 aliphatic rings. The Morgan fingerprint density at radius 3 is 2.67 bits per heavy atom. The van der Waals surface area contributed by atoms with Crippen molar-refractivity contribution in [2.24, 2.45) is 0 Å². The maximum atomic E-state index is 4.79. The standard InChI is InChI=1S/C18H25N3/c1-14(2)21-17(12-18(20-21)16-8-9-16)13-19-11-10-15-6-4-3-5-7-15/h3-7,12,14,16,19H,8-11,13H2,1-2H3. The molecule has 2 aromatic rings. The molecule has 1 N–H and O–H groups in total. The predicted octanol–water partition coefficient (Wildman–Crippen LogP) is 3.67. The van der Waals surface area contributed by atoms with Gasteiger partial charge in [0.2, 0.25) is 0 Å². The number of nitrogens with zero attached hydrogens (tertiary/aromatic N) is 2. The van der Waals surface area contributed by atoms with Crippen molar-refractivity contribution in [1.82, 2.24) is 15.1 Å². The molecule has 0 aliphatic heterocycles. The maximum Gasteiger partial charge on any atom is 0.0659 e. The van der Waals surface area contributed by atoms with Gasteiger partial charge in [-0.05, 0) is 51.3 Å². The van der Waals surface area contributed by atoms with E-state index in [1.54, 1.807) is 0 Å². The van der Waals surface area contributed by atoms with E-state index >= 15 is 0 Å². The highest BCUT2D eigenvalue weighted by atomic mass is 15.3. The second-order valence-electron chi connectivity index (χ2n) is 6.29. The van der Waals surface area contributed by atoms with Gasteiger partial charge in [-0.1, -0.05) is 30.3 Å². The lowest BCUT2D eigenvalue weighted by atomic mass is 10.1. The molecule has 0 spiro atoms. The molecule has 1 saturated carbocycles. The average Bonchev–Trinajstić information content (AvgIpc) is 3.25. The molecule has 0 radical (unpaired) electrons. The molecule has 21 heavy (non-hydrogen) atoms. The van der Waals surface area contributed by atoms with Crippen molar-refractivity contribution in [3.05, 3.63) is 53.3 Å². The summed E-state index contributed by atoms with van der Waals surface area (Å²) in [6.07, 6.45) is 3.71. The normalized spacial score (nSPS) is 14.8. The minimum Gasteiger partial charge on any atom is -0.311 e. The van der Waals surface area contributed by atoms with Crippen LogP contribution in [0.5, 0.6) is 0 Å². The van der Waals surface area contributed by atoms with Crippen LogP contribution in [0.3, 0.4) is 0 Å². The van der Waals surface area contributed by atoms with Crippen LogP contribution in [0.2, 0.25) is 0 Å². The van der Waals surface area contributed by atoms with Gasteiger partial charge in [-0.15, -0.1) is 0 Å². The summed E-state index contributed by atoms with van der Waals surface area (Å²) in [5.74, 6) is 0.730. The van der Waals surface area contributed by atoms with Gasteiger partial charge < -0.3 is 5.32 Å². The Hall–Kier alpha value is -1.61. The Bertz CT molecular complexity index is 567. The summed E-state index contributed by atoms with van der Waals surface area (Å²) < 4.78 is 2.18. The fraction of sp³-hybridized carbons (Fsp3) is 0.500. The quantitative estimate of drug-likeness (QED) is 0.786.